The minimum absolute atomic E-state index is 0.206. The lowest BCUT2D eigenvalue weighted by Gasteiger charge is -2.14. The van der Waals surface area contributed by atoms with Gasteiger partial charge in [0.25, 0.3) is 0 Å². The Morgan fingerprint density at radius 1 is 1.04 bits per heavy atom. The lowest BCUT2D eigenvalue weighted by Crippen LogP contribution is -2.40. The van der Waals surface area contributed by atoms with Crippen LogP contribution in [0.4, 0.5) is 0 Å². The van der Waals surface area contributed by atoms with Crippen LogP contribution in [0.15, 0.2) is 54.9 Å². The number of fused-ring (bicyclic) bond motifs is 1. The van der Waals surface area contributed by atoms with E-state index in [1.54, 1.807) is 6.20 Å². The summed E-state index contributed by atoms with van der Waals surface area (Å²) in [5.41, 5.74) is 2.07. The number of nitrogens with one attached hydrogen (secondary N) is 1. The molecule has 0 unspecified atom stereocenters. The number of rotatable bonds is 6. The highest BCUT2D eigenvalue weighted by Gasteiger charge is 2.47. The van der Waals surface area contributed by atoms with E-state index in [1.165, 1.54) is 0 Å². The summed E-state index contributed by atoms with van der Waals surface area (Å²) in [7, 11) is 0. The molecule has 7 heteroatoms. The summed E-state index contributed by atoms with van der Waals surface area (Å²) in [5, 5.41) is 6.97. The van der Waals surface area contributed by atoms with Crippen molar-refractivity contribution in [1.82, 2.24) is 20.0 Å². The highest BCUT2D eigenvalue weighted by atomic mass is 16.2. The average Bonchev–Trinajstić information content (AvgIpc) is 3.31. The molecule has 0 radical (unpaired) electrons. The van der Waals surface area contributed by atoms with Crippen molar-refractivity contribution in [1.29, 1.82) is 0 Å². The third kappa shape index (κ3) is 3.74. The van der Waals surface area contributed by atoms with Gasteiger partial charge in [0.2, 0.25) is 17.7 Å². The Labute approximate surface area is 163 Å². The molecule has 7 nitrogen and oxygen atoms in total. The van der Waals surface area contributed by atoms with Crippen molar-refractivity contribution in [3.8, 4) is 0 Å². The van der Waals surface area contributed by atoms with E-state index in [9.17, 15) is 14.4 Å². The summed E-state index contributed by atoms with van der Waals surface area (Å²) in [6, 6.07) is 9.77. The first-order chi connectivity index (χ1) is 13.6. The Kier molecular flexibility index (Phi) is 5.06. The molecule has 0 saturated carbocycles. The van der Waals surface area contributed by atoms with E-state index in [1.807, 2.05) is 53.4 Å². The van der Waals surface area contributed by atoms with Crippen LogP contribution in [0.3, 0.4) is 0 Å². The molecule has 2 aromatic rings. The van der Waals surface area contributed by atoms with Crippen molar-refractivity contribution in [2.45, 2.75) is 25.9 Å². The molecule has 1 fully saturated rings. The normalized spacial score (nSPS) is 21.1. The van der Waals surface area contributed by atoms with E-state index in [0.29, 0.717) is 25.9 Å². The van der Waals surface area contributed by atoms with Gasteiger partial charge >= 0.3 is 0 Å². The second kappa shape index (κ2) is 7.80. The van der Waals surface area contributed by atoms with Gasteiger partial charge in [-0.3, -0.25) is 24.0 Å². The molecule has 1 N–H and O–H groups in total. The van der Waals surface area contributed by atoms with Gasteiger partial charge in [-0.25, -0.2) is 0 Å². The van der Waals surface area contributed by atoms with Crippen LogP contribution in [-0.2, 0) is 27.5 Å². The summed E-state index contributed by atoms with van der Waals surface area (Å²) in [6.07, 6.45) is 8.68. The molecule has 1 aliphatic heterocycles. The number of carbonyl (C=O) groups excluding carboxylic acids is 3. The summed E-state index contributed by atoms with van der Waals surface area (Å²) >= 11 is 0. The van der Waals surface area contributed by atoms with Gasteiger partial charge in [0.1, 0.15) is 6.54 Å². The highest BCUT2D eigenvalue weighted by Crippen LogP contribution is 2.34. The van der Waals surface area contributed by atoms with Crippen LogP contribution in [0.2, 0.25) is 0 Å². The topological polar surface area (TPSA) is 84.3 Å². The van der Waals surface area contributed by atoms with Crippen molar-refractivity contribution in [3.63, 3.8) is 0 Å². The number of aromatic nitrogens is 2. The third-order valence-corrected chi connectivity index (χ3v) is 5.32. The number of benzene rings is 1. The Balaban J connectivity index is 1.29. The average molecular weight is 378 g/mol. The van der Waals surface area contributed by atoms with Crippen LogP contribution < -0.4 is 5.32 Å². The number of allylic oxidation sites excluding steroid dienone is 2. The molecule has 0 bridgehead atoms. The molecule has 0 spiro atoms. The summed E-state index contributed by atoms with van der Waals surface area (Å²) < 4.78 is 1.84. The number of likely N-dealkylation sites (tertiary alicyclic amines) is 1. The molecule has 144 valence electrons. The Morgan fingerprint density at radius 3 is 2.29 bits per heavy atom. The minimum Gasteiger partial charge on any atom is -0.350 e. The van der Waals surface area contributed by atoms with E-state index >= 15 is 0 Å². The maximum absolute atomic E-state index is 12.4. The molecular formula is C21H22N4O3. The maximum atomic E-state index is 12.4. The van der Waals surface area contributed by atoms with E-state index < -0.39 is 0 Å². The van der Waals surface area contributed by atoms with E-state index in [-0.39, 0.29) is 36.1 Å². The van der Waals surface area contributed by atoms with Gasteiger partial charge in [-0.15, -0.1) is 0 Å². The largest absolute Gasteiger partial charge is 0.350 e. The maximum Gasteiger partial charge on any atom is 0.240 e. The molecule has 2 aliphatic rings. The zero-order valence-electron chi connectivity index (χ0n) is 15.5. The van der Waals surface area contributed by atoms with E-state index in [4.69, 9.17) is 0 Å². The second-order valence-electron chi connectivity index (χ2n) is 7.22. The van der Waals surface area contributed by atoms with Gasteiger partial charge in [-0.1, -0.05) is 36.4 Å². The van der Waals surface area contributed by atoms with Gasteiger partial charge in [-0.2, -0.15) is 5.10 Å². The van der Waals surface area contributed by atoms with E-state index in [2.05, 4.69) is 10.4 Å². The number of nitrogens with zero attached hydrogens (tertiary/aromatic N) is 3. The molecule has 1 aromatic carbocycles. The smallest absolute Gasteiger partial charge is 0.240 e. The molecule has 2 atom stereocenters. The van der Waals surface area contributed by atoms with Crippen LogP contribution in [0.5, 0.6) is 0 Å². The number of carbonyl (C=O) groups is 3. The van der Waals surface area contributed by atoms with Gasteiger partial charge in [-0.05, 0) is 30.0 Å². The van der Waals surface area contributed by atoms with Crippen LogP contribution >= 0.6 is 0 Å². The fraction of sp³-hybridized carbons (Fsp3) is 0.333. The Hall–Kier alpha value is -3.22. The van der Waals surface area contributed by atoms with Crippen molar-refractivity contribution < 1.29 is 14.4 Å². The Bertz CT molecular complexity index is 876. The van der Waals surface area contributed by atoms with Crippen molar-refractivity contribution in [3.05, 3.63) is 66.0 Å². The second-order valence-corrected chi connectivity index (χ2v) is 7.22. The molecule has 4 rings (SSSR count). The zero-order valence-corrected chi connectivity index (χ0v) is 15.5. The monoisotopic (exact) mass is 378 g/mol. The van der Waals surface area contributed by atoms with Gasteiger partial charge in [0.05, 0.1) is 18.4 Å². The molecule has 2 heterocycles. The first-order valence-corrected chi connectivity index (χ1v) is 9.44. The van der Waals surface area contributed by atoms with E-state index in [0.717, 1.165) is 16.0 Å². The first kappa shape index (κ1) is 18.2. The molecular weight excluding hydrogens is 356 g/mol. The summed E-state index contributed by atoms with van der Waals surface area (Å²) in [4.78, 5) is 38.2. The lowest BCUT2D eigenvalue weighted by atomic mass is 9.85. The zero-order chi connectivity index (χ0) is 19.5. The summed E-state index contributed by atoms with van der Waals surface area (Å²) in [5.74, 6) is -1.37. The molecule has 1 saturated heterocycles. The fourth-order valence-electron chi connectivity index (χ4n) is 3.77. The third-order valence-electron chi connectivity index (χ3n) is 5.32. The molecule has 3 amide bonds. The van der Waals surface area contributed by atoms with Gasteiger partial charge in [0, 0.05) is 18.9 Å². The SMILES string of the molecule is O=C(CN1C(=O)[C@H]2CC=CC[C@@H]2C1=O)NCc1ccc(Cn2cccn2)cc1. The van der Waals surface area contributed by atoms with Gasteiger partial charge in [0.15, 0.2) is 0 Å². The van der Waals surface area contributed by atoms with Crippen molar-refractivity contribution in [2.75, 3.05) is 6.54 Å². The predicted octanol–water partition coefficient (Wildman–Crippen LogP) is 1.50. The Morgan fingerprint density at radius 2 is 1.68 bits per heavy atom. The van der Waals surface area contributed by atoms with Gasteiger partial charge < -0.3 is 5.32 Å². The molecule has 28 heavy (non-hydrogen) atoms. The van der Waals surface area contributed by atoms with Crippen LogP contribution in [0.1, 0.15) is 24.0 Å². The summed E-state index contributed by atoms with van der Waals surface area (Å²) in [6.45, 7) is 0.837. The lowest BCUT2D eigenvalue weighted by molar-refractivity contribution is -0.143. The van der Waals surface area contributed by atoms with Crippen LogP contribution in [0, 0.1) is 11.8 Å². The first-order valence-electron chi connectivity index (χ1n) is 9.44. The number of amides is 3. The molecule has 1 aromatic heterocycles. The fourth-order valence-corrected chi connectivity index (χ4v) is 3.77. The minimum atomic E-state index is -0.325. The van der Waals surface area contributed by atoms with Crippen molar-refractivity contribution >= 4 is 17.7 Å². The number of hydrogen-bond donors (Lipinski definition) is 1. The van der Waals surface area contributed by atoms with Crippen LogP contribution in [-0.4, -0.2) is 38.9 Å². The standard InChI is InChI=1S/C21H22N4O3/c26-19(14-25-20(27)17-4-1-2-5-18(17)21(25)28)22-12-15-6-8-16(9-7-15)13-24-11-3-10-23-24/h1-3,6-11,17-18H,4-5,12-14H2,(H,22,26)/t17-,18-/m0/s1. The van der Waals surface area contributed by atoms with Crippen molar-refractivity contribution in [2.24, 2.45) is 11.8 Å². The number of hydrogen-bond acceptors (Lipinski definition) is 4. The number of imide groups is 1. The molecule has 1 aliphatic carbocycles. The van der Waals surface area contributed by atoms with Crippen LogP contribution in [0.25, 0.3) is 0 Å². The quantitative estimate of drug-likeness (QED) is 0.610. The predicted molar refractivity (Wildman–Crippen MR) is 102 cm³/mol. The highest BCUT2D eigenvalue weighted by molar-refractivity contribution is 6.07.